The van der Waals surface area contributed by atoms with Crippen molar-refractivity contribution in [2.45, 2.75) is 51.6 Å². The average molecular weight is 439 g/mol. The Morgan fingerprint density at radius 3 is 2.59 bits per heavy atom. The van der Waals surface area contributed by atoms with Crippen molar-refractivity contribution in [2.24, 2.45) is 0 Å². The van der Waals surface area contributed by atoms with Gasteiger partial charge < -0.3 is 10.6 Å². The maximum absolute atomic E-state index is 12.9. The Morgan fingerprint density at radius 1 is 1.16 bits per heavy atom. The van der Waals surface area contributed by atoms with Gasteiger partial charge in [-0.25, -0.2) is 9.48 Å². The first-order chi connectivity index (χ1) is 15.4. The minimum atomic E-state index is -0.648. The van der Waals surface area contributed by atoms with Gasteiger partial charge in [-0.2, -0.15) is 5.10 Å². The predicted molar refractivity (Wildman–Crippen MR) is 119 cm³/mol. The van der Waals surface area contributed by atoms with E-state index in [9.17, 15) is 14.4 Å². The Labute approximate surface area is 187 Å². The molecule has 2 aliphatic rings. The van der Waals surface area contributed by atoms with E-state index in [0.717, 1.165) is 48.3 Å². The summed E-state index contributed by atoms with van der Waals surface area (Å²) in [4.78, 5) is 39.5. The number of para-hydroxylation sites is 1. The zero-order chi connectivity index (χ0) is 22.7. The van der Waals surface area contributed by atoms with Crippen molar-refractivity contribution < 1.29 is 14.4 Å². The number of benzene rings is 1. The smallest absolute Gasteiger partial charge is 0.321 e. The lowest BCUT2D eigenvalue weighted by Crippen LogP contribution is -2.54. The van der Waals surface area contributed by atoms with Crippen molar-refractivity contribution in [2.75, 3.05) is 19.6 Å². The van der Waals surface area contributed by atoms with Gasteiger partial charge in [0.15, 0.2) is 0 Å². The molecule has 9 heteroatoms. The van der Waals surface area contributed by atoms with Crippen LogP contribution in [0, 0.1) is 13.8 Å². The largest absolute Gasteiger partial charge is 0.353 e. The summed E-state index contributed by atoms with van der Waals surface area (Å²) in [5, 5.41) is 12.8. The fourth-order valence-electron chi connectivity index (χ4n) is 4.71. The van der Waals surface area contributed by atoms with Crippen LogP contribution in [-0.2, 0) is 9.59 Å². The standard InChI is InChI=1S/C23H30N6O3/c1-15-20(16(2)29(27-15)18-10-4-3-5-11-18)21-22(31)24-12-13-28(21)14-19(30)26-23(32)25-17-8-6-7-9-17/h3-5,10-11,17,21H,6-9,12-14H2,1-2H3,(H,24,31)(H2,25,26,30,32)/t21-/m1/s1. The Balaban J connectivity index is 1.51. The van der Waals surface area contributed by atoms with Gasteiger partial charge in [0.05, 0.1) is 17.9 Å². The van der Waals surface area contributed by atoms with E-state index in [-0.39, 0.29) is 18.5 Å². The number of hydrogen-bond acceptors (Lipinski definition) is 5. The predicted octanol–water partition coefficient (Wildman–Crippen LogP) is 1.73. The second kappa shape index (κ2) is 9.52. The molecule has 1 aliphatic heterocycles. The number of piperazine rings is 1. The molecule has 2 heterocycles. The maximum atomic E-state index is 12.9. The third-order valence-electron chi connectivity index (χ3n) is 6.22. The van der Waals surface area contributed by atoms with Gasteiger partial charge in [-0.05, 0) is 38.8 Å². The molecule has 1 aliphatic carbocycles. The molecule has 1 aromatic heterocycles. The van der Waals surface area contributed by atoms with E-state index in [2.05, 4.69) is 21.0 Å². The van der Waals surface area contributed by atoms with E-state index in [0.29, 0.717) is 13.1 Å². The van der Waals surface area contributed by atoms with Gasteiger partial charge in [0.2, 0.25) is 11.8 Å². The van der Waals surface area contributed by atoms with E-state index in [1.54, 1.807) is 0 Å². The summed E-state index contributed by atoms with van der Waals surface area (Å²) in [5.74, 6) is -0.593. The van der Waals surface area contributed by atoms with Gasteiger partial charge in [0.1, 0.15) is 6.04 Å². The second-order valence-electron chi connectivity index (χ2n) is 8.50. The van der Waals surface area contributed by atoms with Crippen LogP contribution >= 0.6 is 0 Å². The van der Waals surface area contributed by atoms with Crippen LogP contribution in [0.4, 0.5) is 4.79 Å². The van der Waals surface area contributed by atoms with Gasteiger partial charge in [-0.1, -0.05) is 31.0 Å². The highest BCUT2D eigenvalue weighted by Gasteiger charge is 2.36. The summed E-state index contributed by atoms with van der Waals surface area (Å²) in [6, 6.07) is 8.74. The van der Waals surface area contributed by atoms with Crippen molar-refractivity contribution in [3.8, 4) is 5.69 Å². The zero-order valence-electron chi connectivity index (χ0n) is 18.6. The number of hydrogen-bond donors (Lipinski definition) is 3. The number of nitrogens with one attached hydrogen (secondary N) is 3. The first-order valence-electron chi connectivity index (χ1n) is 11.2. The van der Waals surface area contributed by atoms with Crippen LogP contribution in [0.15, 0.2) is 30.3 Å². The van der Waals surface area contributed by atoms with Gasteiger partial charge >= 0.3 is 6.03 Å². The fraction of sp³-hybridized carbons (Fsp3) is 0.478. The Hall–Kier alpha value is -3.20. The van der Waals surface area contributed by atoms with Crippen LogP contribution in [0.25, 0.3) is 5.69 Å². The maximum Gasteiger partial charge on any atom is 0.321 e. The summed E-state index contributed by atoms with van der Waals surface area (Å²) < 4.78 is 1.82. The number of urea groups is 1. The molecule has 4 rings (SSSR count). The van der Waals surface area contributed by atoms with E-state index in [1.165, 1.54) is 0 Å². The third-order valence-corrected chi connectivity index (χ3v) is 6.22. The highest BCUT2D eigenvalue weighted by molar-refractivity contribution is 5.96. The lowest BCUT2D eigenvalue weighted by Gasteiger charge is -2.34. The number of aromatic nitrogens is 2. The SMILES string of the molecule is Cc1nn(-c2ccccc2)c(C)c1[C@@H]1C(=O)NCCN1CC(=O)NC(=O)NC1CCCC1. The summed E-state index contributed by atoms with van der Waals surface area (Å²) in [6.07, 6.45) is 4.08. The van der Waals surface area contributed by atoms with Crippen molar-refractivity contribution in [3.63, 3.8) is 0 Å². The average Bonchev–Trinajstić information content (AvgIpc) is 3.37. The Kier molecular flexibility index (Phi) is 6.55. The molecule has 32 heavy (non-hydrogen) atoms. The molecule has 9 nitrogen and oxygen atoms in total. The van der Waals surface area contributed by atoms with Crippen LogP contribution in [0.2, 0.25) is 0 Å². The molecular weight excluding hydrogens is 408 g/mol. The number of imide groups is 1. The fourth-order valence-corrected chi connectivity index (χ4v) is 4.71. The van der Waals surface area contributed by atoms with Gasteiger partial charge in [-0.3, -0.25) is 19.8 Å². The molecule has 4 amide bonds. The second-order valence-corrected chi connectivity index (χ2v) is 8.50. The summed E-state index contributed by atoms with van der Waals surface area (Å²) in [5.41, 5.74) is 3.27. The highest BCUT2D eigenvalue weighted by Crippen LogP contribution is 2.30. The number of carbonyl (C=O) groups excluding carboxylic acids is 3. The van der Waals surface area contributed by atoms with Crippen molar-refractivity contribution in [1.82, 2.24) is 30.6 Å². The Morgan fingerprint density at radius 2 is 1.88 bits per heavy atom. The number of nitrogens with zero attached hydrogens (tertiary/aromatic N) is 3. The summed E-state index contributed by atoms with van der Waals surface area (Å²) in [7, 11) is 0. The normalized spacial score (nSPS) is 19.6. The minimum Gasteiger partial charge on any atom is -0.353 e. The summed E-state index contributed by atoms with van der Waals surface area (Å²) in [6.45, 7) is 4.70. The molecule has 3 N–H and O–H groups in total. The number of amides is 4. The molecule has 0 radical (unpaired) electrons. The van der Waals surface area contributed by atoms with Crippen LogP contribution in [0.5, 0.6) is 0 Å². The van der Waals surface area contributed by atoms with E-state index in [1.807, 2.05) is 53.8 Å². The molecule has 0 unspecified atom stereocenters. The molecule has 1 atom stereocenters. The minimum absolute atomic E-state index is 0.0500. The first kappa shape index (κ1) is 22.0. The number of carbonyl (C=O) groups is 3. The lowest BCUT2D eigenvalue weighted by molar-refractivity contribution is -0.131. The molecule has 2 fully saturated rings. The zero-order valence-corrected chi connectivity index (χ0v) is 18.6. The topological polar surface area (TPSA) is 108 Å². The third kappa shape index (κ3) is 4.67. The van der Waals surface area contributed by atoms with Crippen LogP contribution in [-0.4, -0.2) is 58.2 Å². The monoisotopic (exact) mass is 438 g/mol. The highest BCUT2D eigenvalue weighted by atomic mass is 16.2. The van der Waals surface area contributed by atoms with Crippen LogP contribution < -0.4 is 16.0 Å². The van der Waals surface area contributed by atoms with E-state index >= 15 is 0 Å². The van der Waals surface area contributed by atoms with Gasteiger partial charge in [-0.15, -0.1) is 0 Å². The lowest BCUT2D eigenvalue weighted by atomic mass is 10.00. The van der Waals surface area contributed by atoms with Crippen LogP contribution in [0.1, 0.15) is 48.7 Å². The van der Waals surface area contributed by atoms with Crippen molar-refractivity contribution in [3.05, 3.63) is 47.3 Å². The summed E-state index contributed by atoms with van der Waals surface area (Å²) >= 11 is 0. The molecular formula is C23H30N6O3. The van der Waals surface area contributed by atoms with Crippen molar-refractivity contribution in [1.29, 1.82) is 0 Å². The van der Waals surface area contributed by atoms with Gasteiger partial charge in [0, 0.05) is 30.4 Å². The number of rotatable bonds is 5. The molecule has 0 bridgehead atoms. The van der Waals surface area contributed by atoms with Crippen molar-refractivity contribution >= 4 is 17.8 Å². The Bertz CT molecular complexity index is 997. The molecule has 1 saturated carbocycles. The molecule has 170 valence electrons. The van der Waals surface area contributed by atoms with E-state index in [4.69, 9.17) is 0 Å². The molecule has 1 saturated heterocycles. The first-order valence-corrected chi connectivity index (χ1v) is 11.2. The number of aryl methyl sites for hydroxylation is 1. The molecule has 0 spiro atoms. The van der Waals surface area contributed by atoms with E-state index < -0.39 is 18.0 Å². The van der Waals surface area contributed by atoms with Gasteiger partial charge in [0.25, 0.3) is 0 Å². The van der Waals surface area contributed by atoms with Crippen LogP contribution in [0.3, 0.4) is 0 Å². The molecule has 2 aromatic rings. The quantitative estimate of drug-likeness (QED) is 0.659. The molecule has 1 aromatic carbocycles.